The van der Waals surface area contributed by atoms with Crippen molar-refractivity contribution in [2.75, 3.05) is 12.4 Å². The van der Waals surface area contributed by atoms with Crippen LogP contribution in [0.3, 0.4) is 0 Å². The molecule has 27 heavy (non-hydrogen) atoms. The Labute approximate surface area is 155 Å². The first kappa shape index (κ1) is 18.5. The standard InChI is InChI=1S/C17H21N7O3/c1-9(2)4-12(18)17(25)20-13-6-14(26-3)11(15-7-19-8-27-15)5-10(13)16-21-23-24-22-16/h5-9,12H,4,18H2,1-3H3,(H,20,25)(H,21,22,23,24)/t12-/m1/s1. The second-order valence-electron chi connectivity index (χ2n) is 6.42. The van der Waals surface area contributed by atoms with Gasteiger partial charge in [-0.15, -0.1) is 10.2 Å². The number of aromatic nitrogens is 5. The second-order valence-corrected chi connectivity index (χ2v) is 6.42. The van der Waals surface area contributed by atoms with E-state index < -0.39 is 6.04 Å². The number of ether oxygens (including phenoxy) is 1. The van der Waals surface area contributed by atoms with Gasteiger partial charge in [-0.25, -0.2) is 4.98 Å². The van der Waals surface area contributed by atoms with Gasteiger partial charge in [0.25, 0.3) is 0 Å². The molecule has 0 aliphatic heterocycles. The number of hydrogen-bond donors (Lipinski definition) is 3. The molecule has 0 saturated carbocycles. The molecule has 1 amide bonds. The molecule has 2 aromatic heterocycles. The lowest BCUT2D eigenvalue weighted by Gasteiger charge is -2.17. The number of nitrogens with two attached hydrogens (primary N) is 1. The Kier molecular flexibility index (Phi) is 5.46. The van der Waals surface area contributed by atoms with Crippen LogP contribution in [-0.4, -0.2) is 44.7 Å². The average Bonchev–Trinajstić information content (AvgIpc) is 3.34. The number of methoxy groups -OCH3 is 1. The van der Waals surface area contributed by atoms with Gasteiger partial charge in [0.15, 0.2) is 12.2 Å². The number of nitrogens with one attached hydrogen (secondary N) is 2. The summed E-state index contributed by atoms with van der Waals surface area (Å²) in [7, 11) is 1.53. The predicted molar refractivity (Wildman–Crippen MR) is 97.7 cm³/mol. The van der Waals surface area contributed by atoms with Crippen LogP contribution < -0.4 is 15.8 Å². The van der Waals surface area contributed by atoms with E-state index in [1.807, 2.05) is 13.8 Å². The van der Waals surface area contributed by atoms with Crippen molar-refractivity contribution in [3.05, 3.63) is 24.7 Å². The van der Waals surface area contributed by atoms with Gasteiger partial charge in [0.2, 0.25) is 11.7 Å². The van der Waals surface area contributed by atoms with Crippen molar-refractivity contribution in [1.29, 1.82) is 0 Å². The van der Waals surface area contributed by atoms with Crippen molar-refractivity contribution in [2.45, 2.75) is 26.3 Å². The van der Waals surface area contributed by atoms with Gasteiger partial charge >= 0.3 is 0 Å². The highest BCUT2D eigenvalue weighted by Crippen LogP contribution is 2.38. The van der Waals surface area contributed by atoms with Gasteiger partial charge < -0.3 is 20.2 Å². The van der Waals surface area contributed by atoms with Crippen LogP contribution in [0.25, 0.3) is 22.7 Å². The molecule has 0 bridgehead atoms. The minimum atomic E-state index is -0.636. The average molecular weight is 371 g/mol. The van der Waals surface area contributed by atoms with E-state index in [1.165, 1.54) is 13.5 Å². The first-order chi connectivity index (χ1) is 13.0. The number of aromatic amines is 1. The minimum Gasteiger partial charge on any atom is -0.496 e. The highest BCUT2D eigenvalue weighted by molar-refractivity contribution is 5.99. The van der Waals surface area contributed by atoms with Gasteiger partial charge in [-0.1, -0.05) is 13.8 Å². The summed E-state index contributed by atoms with van der Waals surface area (Å²) in [4.78, 5) is 16.4. The van der Waals surface area contributed by atoms with Gasteiger partial charge in [-0.3, -0.25) is 4.79 Å². The highest BCUT2D eigenvalue weighted by Gasteiger charge is 2.21. The smallest absolute Gasteiger partial charge is 0.241 e. The fourth-order valence-electron chi connectivity index (χ4n) is 2.69. The molecule has 0 radical (unpaired) electrons. The molecule has 0 spiro atoms. The highest BCUT2D eigenvalue weighted by atomic mass is 16.5. The molecular weight excluding hydrogens is 350 g/mol. The van der Waals surface area contributed by atoms with E-state index in [-0.39, 0.29) is 5.91 Å². The molecule has 0 aliphatic carbocycles. The largest absolute Gasteiger partial charge is 0.496 e. The third kappa shape index (κ3) is 4.11. The number of benzene rings is 1. The fraction of sp³-hybridized carbons (Fsp3) is 0.353. The maximum atomic E-state index is 12.5. The third-order valence-electron chi connectivity index (χ3n) is 3.94. The van der Waals surface area contributed by atoms with Crippen LogP contribution in [0.5, 0.6) is 5.75 Å². The van der Waals surface area contributed by atoms with Crippen LogP contribution in [0.4, 0.5) is 5.69 Å². The third-order valence-corrected chi connectivity index (χ3v) is 3.94. The number of carbonyl (C=O) groups excluding carboxylic acids is 1. The van der Waals surface area contributed by atoms with E-state index in [9.17, 15) is 4.79 Å². The number of amides is 1. The number of anilines is 1. The molecule has 0 unspecified atom stereocenters. The Hall–Kier alpha value is -3.27. The topological polar surface area (TPSA) is 145 Å². The van der Waals surface area contributed by atoms with Gasteiger partial charge in [-0.2, -0.15) is 5.21 Å². The van der Waals surface area contributed by atoms with Crippen molar-refractivity contribution in [3.63, 3.8) is 0 Å². The van der Waals surface area contributed by atoms with E-state index in [2.05, 4.69) is 30.9 Å². The summed E-state index contributed by atoms with van der Waals surface area (Å²) in [6.07, 6.45) is 3.45. The molecule has 1 atom stereocenters. The van der Waals surface area contributed by atoms with E-state index in [0.717, 1.165) is 0 Å². The number of nitrogens with zero attached hydrogens (tertiary/aromatic N) is 4. The van der Waals surface area contributed by atoms with E-state index in [4.69, 9.17) is 14.9 Å². The Morgan fingerprint density at radius 3 is 2.78 bits per heavy atom. The van der Waals surface area contributed by atoms with Crippen LogP contribution >= 0.6 is 0 Å². The number of rotatable bonds is 7. The van der Waals surface area contributed by atoms with Crippen LogP contribution in [0.2, 0.25) is 0 Å². The SMILES string of the molecule is COc1cc(NC(=O)[C@H](N)CC(C)C)c(-c2nn[nH]n2)cc1-c1cnco1. The Morgan fingerprint density at radius 1 is 1.37 bits per heavy atom. The molecule has 10 heteroatoms. The number of hydrogen-bond acceptors (Lipinski definition) is 8. The predicted octanol–water partition coefficient (Wildman–Crippen LogP) is 1.84. The molecule has 3 aromatic rings. The van der Waals surface area contributed by atoms with Gasteiger partial charge in [0.1, 0.15) is 5.75 Å². The van der Waals surface area contributed by atoms with Crippen molar-refractivity contribution >= 4 is 11.6 Å². The molecule has 1 aromatic carbocycles. The lowest BCUT2D eigenvalue weighted by atomic mass is 10.0. The van der Waals surface area contributed by atoms with Gasteiger partial charge in [0.05, 0.1) is 30.6 Å². The Morgan fingerprint density at radius 2 is 2.19 bits per heavy atom. The summed E-state index contributed by atoms with van der Waals surface area (Å²) in [5.41, 5.74) is 7.64. The molecule has 142 valence electrons. The fourth-order valence-corrected chi connectivity index (χ4v) is 2.69. The van der Waals surface area contributed by atoms with Crippen LogP contribution in [-0.2, 0) is 4.79 Å². The molecule has 3 rings (SSSR count). The summed E-state index contributed by atoms with van der Waals surface area (Å²) < 4.78 is 10.8. The summed E-state index contributed by atoms with van der Waals surface area (Å²) in [6, 6.07) is 2.78. The molecule has 10 nitrogen and oxygen atoms in total. The van der Waals surface area contributed by atoms with Crippen molar-refractivity contribution in [3.8, 4) is 28.5 Å². The van der Waals surface area contributed by atoms with E-state index in [1.54, 1.807) is 18.3 Å². The maximum absolute atomic E-state index is 12.5. The van der Waals surface area contributed by atoms with Crippen LogP contribution in [0, 0.1) is 5.92 Å². The van der Waals surface area contributed by atoms with Crippen molar-refractivity contribution in [1.82, 2.24) is 25.6 Å². The van der Waals surface area contributed by atoms with E-state index in [0.29, 0.717) is 46.5 Å². The Bertz CT molecular complexity index is 892. The summed E-state index contributed by atoms with van der Waals surface area (Å²) >= 11 is 0. The summed E-state index contributed by atoms with van der Waals surface area (Å²) in [5, 5.41) is 16.9. The zero-order valence-electron chi connectivity index (χ0n) is 15.3. The Balaban J connectivity index is 2.03. The first-order valence-electron chi connectivity index (χ1n) is 8.40. The quantitative estimate of drug-likeness (QED) is 0.570. The molecule has 2 heterocycles. The number of H-pyrrole nitrogens is 1. The van der Waals surface area contributed by atoms with Crippen LogP contribution in [0.15, 0.2) is 29.1 Å². The maximum Gasteiger partial charge on any atom is 0.241 e. The monoisotopic (exact) mass is 371 g/mol. The molecule has 0 saturated heterocycles. The lowest BCUT2D eigenvalue weighted by Crippen LogP contribution is -2.36. The van der Waals surface area contributed by atoms with Gasteiger partial charge in [0, 0.05) is 11.6 Å². The first-order valence-corrected chi connectivity index (χ1v) is 8.40. The van der Waals surface area contributed by atoms with E-state index >= 15 is 0 Å². The minimum absolute atomic E-state index is 0.297. The zero-order chi connectivity index (χ0) is 19.4. The number of tetrazole rings is 1. The van der Waals surface area contributed by atoms with Gasteiger partial charge in [-0.05, 0) is 23.6 Å². The van der Waals surface area contributed by atoms with Crippen molar-refractivity contribution < 1.29 is 13.9 Å². The molecular formula is C17H21N7O3. The molecule has 0 fully saturated rings. The second kappa shape index (κ2) is 7.96. The number of oxazole rings is 1. The zero-order valence-corrected chi connectivity index (χ0v) is 15.3. The van der Waals surface area contributed by atoms with Crippen LogP contribution in [0.1, 0.15) is 20.3 Å². The summed E-state index contributed by atoms with van der Waals surface area (Å²) in [6.45, 7) is 4.01. The summed E-state index contributed by atoms with van der Waals surface area (Å²) in [5.74, 6) is 1.30. The normalized spacial score (nSPS) is 12.2. The molecule has 4 N–H and O–H groups in total. The molecule has 0 aliphatic rings. The number of carbonyl (C=O) groups is 1. The van der Waals surface area contributed by atoms with Crippen molar-refractivity contribution in [2.24, 2.45) is 11.7 Å². The lowest BCUT2D eigenvalue weighted by molar-refractivity contribution is -0.117.